The molecule has 83 heavy (non-hydrogen) atoms. The summed E-state index contributed by atoms with van der Waals surface area (Å²) in [6.45, 7) is 6.57. The molecule has 1 unspecified atom stereocenters. The molecule has 0 aromatic carbocycles. The van der Waals surface area contributed by atoms with Gasteiger partial charge in [0.1, 0.15) is 13.2 Å². The second-order valence-corrected chi connectivity index (χ2v) is 24.5. The van der Waals surface area contributed by atoms with Gasteiger partial charge in [0, 0.05) is 19.3 Å². The largest absolute Gasteiger partial charge is 0.462 e. The SMILES string of the molecule is CC/C=C\C/C=C\C/C=C\C/C=C\CCCCCCC(=O)OCC(COC(=O)CCCCCCCCCCCCCCC/C=C\CCCCCCCCCC)OC(=O)CCCCCCCCCCCCC/C=C\CCCCCCCCCC. The Kier molecular flexibility index (Phi) is 68.6. The van der Waals surface area contributed by atoms with Crippen molar-refractivity contribution in [2.24, 2.45) is 0 Å². The minimum Gasteiger partial charge on any atom is -0.462 e. The maximum atomic E-state index is 13.0. The van der Waals surface area contributed by atoms with E-state index in [4.69, 9.17) is 14.2 Å². The number of hydrogen-bond donors (Lipinski definition) is 0. The lowest BCUT2D eigenvalue weighted by Crippen LogP contribution is -2.30. The highest BCUT2D eigenvalue weighted by Crippen LogP contribution is 2.18. The maximum absolute atomic E-state index is 13.0. The fourth-order valence-corrected chi connectivity index (χ4v) is 10.7. The number of unbranched alkanes of at least 4 members (excludes halogenated alkanes) is 44. The van der Waals surface area contributed by atoms with Crippen LogP contribution in [0.1, 0.15) is 380 Å². The lowest BCUT2D eigenvalue weighted by molar-refractivity contribution is -0.167. The molecule has 0 radical (unpaired) electrons. The van der Waals surface area contributed by atoms with Crippen molar-refractivity contribution in [2.45, 2.75) is 386 Å². The molecule has 6 nitrogen and oxygen atoms in total. The summed E-state index contributed by atoms with van der Waals surface area (Å²) >= 11 is 0. The Morgan fingerprint density at radius 3 is 0.747 bits per heavy atom. The van der Waals surface area contributed by atoms with Crippen LogP contribution in [-0.4, -0.2) is 37.2 Å². The molecule has 1 atom stereocenters. The van der Waals surface area contributed by atoms with E-state index in [9.17, 15) is 14.4 Å². The van der Waals surface area contributed by atoms with E-state index >= 15 is 0 Å². The zero-order valence-electron chi connectivity index (χ0n) is 55.5. The number of allylic oxidation sites excluding steroid dienone is 12. The molecular formula is C77H138O6. The van der Waals surface area contributed by atoms with E-state index in [0.717, 1.165) is 96.3 Å². The number of rotatable bonds is 67. The molecule has 0 saturated heterocycles. The fraction of sp³-hybridized carbons (Fsp3) is 0.805. The molecule has 0 aliphatic rings. The number of ether oxygens (including phenoxy) is 3. The molecule has 0 aromatic heterocycles. The third-order valence-electron chi connectivity index (χ3n) is 16.2. The minimum atomic E-state index is -0.788. The lowest BCUT2D eigenvalue weighted by Gasteiger charge is -2.18. The van der Waals surface area contributed by atoms with Gasteiger partial charge in [-0.2, -0.15) is 0 Å². The summed E-state index contributed by atoms with van der Waals surface area (Å²) in [6, 6.07) is 0. The summed E-state index contributed by atoms with van der Waals surface area (Å²) in [7, 11) is 0. The van der Waals surface area contributed by atoms with Crippen molar-refractivity contribution in [3.8, 4) is 0 Å². The molecular weight excluding hydrogens is 1020 g/mol. The van der Waals surface area contributed by atoms with Crippen LogP contribution in [0.5, 0.6) is 0 Å². The molecule has 0 aromatic rings. The predicted molar refractivity (Wildman–Crippen MR) is 362 cm³/mol. The van der Waals surface area contributed by atoms with Gasteiger partial charge in [-0.3, -0.25) is 14.4 Å². The van der Waals surface area contributed by atoms with Crippen molar-refractivity contribution < 1.29 is 28.6 Å². The zero-order valence-corrected chi connectivity index (χ0v) is 55.5. The molecule has 0 bridgehead atoms. The average Bonchev–Trinajstić information content (AvgIpc) is 3.49. The van der Waals surface area contributed by atoms with Crippen LogP contribution in [0.25, 0.3) is 0 Å². The first-order chi connectivity index (χ1) is 41.0. The number of carbonyl (C=O) groups excluding carboxylic acids is 3. The summed E-state index contributed by atoms with van der Waals surface area (Å²) in [6.07, 6.45) is 93.6. The Morgan fingerprint density at radius 2 is 0.470 bits per heavy atom. The first-order valence-corrected chi connectivity index (χ1v) is 36.4. The topological polar surface area (TPSA) is 78.9 Å². The molecule has 0 amide bonds. The van der Waals surface area contributed by atoms with Crippen molar-refractivity contribution >= 4 is 17.9 Å². The van der Waals surface area contributed by atoms with Crippen molar-refractivity contribution in [3.63, 3.8) is 0 Å². The maximum Gasteiger partial charge on any atom is 0.306 e. The van der Waals surface area contributed by atoms with Crippen molar-refractivity contribution in [1.82, 2.24) is 0 Å². The van der Waals surface area contributed by atoms with Crippen LogP contribution in [0.3, 0.4) is 0 Å². The van der Waals surface area contributed by atoms with Crippen LogP contribution < -0.4 is 0 Å². The predicted octanol–water partition coefficient (Wildman–Crippen LogP) is 25.2. The third-order valence-corrected chi connectivity index (χ3v) is 16.2. The first-order valence-electron chi connectivity index (χ1n) is 36.4. The van der Waals surface area contributed by atoms with Gasteiger partial charge >= 0.3 is 17.9 Å². The van der Waals surface area contributed by atoms with Gasteiger partial charge in [0.15, 0.2) is 6.10 Å². The van der Waals surface area contributed by atoms with Crippen molar-refractivity contribution in [2.75, 3.05) is 13.2 Å². The smallest absolute Gasteiger partial charge is 0.306 e. The van der Waals surface area contributed by atoms with Gasteiger partial charge in [-0.15, -0.1) is 0 Å². The summed E-state index contributed by atoms with van der Waals surface area (Å²) in [5.41, 5.74) is 0. The second-order valence-electron chi connectivity index (χ2n) is 24.5. The van der Waals surface area contributed by atoms with Crippen LogP contribution in [0.4, 0.5) is 0 Å². The van der Waals surface area contributed by atoms with Gasteiger partial charge in [0.2, 0.25) is 0 Å². The third kappa shape index (κ3) is 69.5. The van der Waals surface area contributed by atoms with Crippen LogP contribution in [-0.2, 0) is 28.6 Å². The molecule has 6 heteroatoms. The van der Waals surface area contributed by atoms with Gasteiger partial charge in [0.25, 0.3) is 0 Å². The second kappa shape index (κ2) is 71.3. The van der Waals surface area contributed by atoms with Gasteiger partial charge in [0.05, 0.1) is 0 Å². The fourth-order valence-electron chi connectivity index (χ4n) is 10.7. The molecule has 0 N–H and O–H groups in total. The van der Waals surface area contributed by atoms with Gasteiger partial charge in [-0.25, -0.2) is 0 Å². The molecule has 0 spiro atoms. The van der Waals surface area contributed by atoms with E-state index in [0.29, 0.717) is 19.3 Å². The molecule has 0 rings (SSSR count). The van der Waals surface area contributed by atoms with E-state index in [2.05, 4.69) is 93.7 Å². The van der Waals surface area contributed by atoms with E-state index in [1.54, 1.807) is 0 Å². The van der Waals surface area contributed by atoms with Gasteiger partial charge in [-0.1, -0.05) is 325 Å². The highest BCUT2D eigenvalue weighted by atomic mass is 16.6. The highest BCUT2D eigenvalue weighted by Gasteiger charge is 2.19. The minimum absolute atomic E-state index is 0.0810. The van der Waals surface area contributed by atoms with Crippen LogP contribution >= 0.6 is 0 Å². The Morgan fingerprint density at radius 1 is 0.253 bits per heavy atom. The zero-order chi connectivity index (χ0) is 59.9. The Labute approximate surface area is 516 Å². The van der Waals surface area contributed by atoms with Crippen LogP contribution in [0, 0.1) is 0 Å². The standard InChI is InChI=1S/C77H138O6/c1-4-7-10-13-16-19-22-25-28-31-33-35-37-38-40-41-43-46-49-52-55-58-61-64-67-70-76(79)82-73-74(72-81-75(78)69-66-63-60-57-54-51-48-45-30-27-24-21-18-15-12-9-6-3)83-77(80)71-68-65-62-59-56-53-50-47-44-42-39-36-34-32-29-26-23-20-17-14-11-8-5-2/h9,12,18,21,27,30-34,48,51,74H,4-8,10-11,13-17,19-20,22-26,28-29,35-47,49-50,52-73H2,1-3H3/b12-9-,21-18-,30-27-,33-31-,34-32-,51-48-. The number of esters is 3. The monoisotopic (exact) mass is 1160 g/mol. The van der Waals surface area contributed by atoms with Crippen molar-refractivity contribution in [1.29, 1.82) is 0 Å². The molecule has 0 saturated carbocycles. The van der Waals surface area contributed by atoms with E-state index < -0.39 is 6.10 Å². The van der Waals surface area contributed by atoms with E-state index in [-0.39, 0.29) is 31.1 Å². The van der Waals surface area contributed by atoms with E-state index in [1.807, 2.05) is 0 Å². The molecule has 0 fully saturated rings. The van der Waals surface area contributed by atoms with Crippen LogP contribution in [0.15, 0.2) is 72.9 Å². The van der Waals surface area contributed by atoms with Gasteiger partial charge in [-0.05, 0) is 109 Å². The number of carbonyl (C=O) groups is 3. The Hall–Kier alpha value is -3.15. The van der Waals surface area contributed by atoms with Crippen LogP contribution in [0.2, 0.25) is 0 Å². The van der Waals surface area contributed by atoms with Crippen molar-refractivity contribution in [3.05, 3.63) is 72.9 Å². The molecule has 482 valence electrons. The quantitative estimate of drug-likeness (QED) is 0.0261. The number of hydrogen-bond acceptors (Lipinski definition) is 6. The lowest BCUT2D eigenvalue weighted by atomic mass is 10.0. The Balaban J connectivity index is 4.33. The molecule has 0 aliphatic carbocycles. The van der Waals surface area contributed by atoms with Gasteiger partial charge < -0.3 is 14.2 Å². The summed E-state index contributed by atoms with van der Waals surface area (Å²) in [5, 5.41) is 0. The Bertz CT molecular complexity index is 1520. The average molecular weight is 1160 g/mol. The summed E-state index contributed by atoms with van der Waals surface area (Å²) in [5.74, 6) is -0.884. The first kappa shape index (κ1) is 79.8. The normalized spacial score (nSPS) is 12.5. The summed E-state index contributed by atoms with van der Waals surface area (Å²) < 4.78 is 17.0. The van der Waals surface area contributed by atoms with E-state index in [1.165, 1.54) is 244 Å². The highest BCUT2D eigenvalue weighted by molar-refractivity contribution is 5.71. The molecule has 0 aliphatic heterocycles. The summed E-state index contributed by atoms with van der Waals surface area (Å²) in [4.78, 5) is 38.5. The molecule has 0 heterocycles.